The van der Waals surface area contributed by atoms with Crippen LogP contribution in [-0.4, -0.2) is 19.5 Å². The van der Waals surface area contributed by atoms with Crippen molar-refractivity contribution in [3.8, 4) is 62.1 Å². The summed E-state index contributed by atoms with van der Waals surface area (Å²) in [5.41, 5.74) is 10.7. The number of fused-ring (bicyclic) bond motifs is 7. The summed E-state index contributed by atoms with van der Waals surface area (Å²) in [5.74, 6) is 1.87. The second kappa shape index (κ2) is 14.0. The minimum Gasteiger partial charge on any atom is -0.309 e. The Bertz CT molecular complexity index is 3560. The Balaban J connectivity index is 1.08. The largest absolute Gasteiger partial charge is 0.309 e. The number of nitrogens with zero attached hydrogens (tertiary/aromatic N) is 4. The van der Waals surface area contributed by atoms with E-state index in [0.29, 0.717) is 17.5 Å². The van der Waals surface area contributed by atoms with Gasteiger partial charge in [0.25, 0.3) is 0 Å². The van der Waals surface area contributed by atoms with Crippen molar-refractivity contribution >= 4 is 64.1 Å². The molecule has 9 aromatic carbocycles. The molecule has 0 aliphatic carbocycles. The molecule has 0 spiro atoms. The summed E-state index contributed by atoms with van der Waals surface area (Å²) in [6, 6.07) is 73.4. The molecule has 0 N–H and O–H groups in total. The zero-order valence-corrected chi connectivity index (χ0v) is 33.1. The van der Waals surface area contributed by atoms with Crippen LogP contribution < -0.4 is 0 Å². The van der Waals surface area contributed by atoms with Crippen molar-refractivity contribution in [3.05, 3.63) is 206 Å². The van der Waals surface area contributed by atoms with Crippen LogP contribution in [0.4, 0.5) is 0 Å². The van der Waals surface area contributed by atoms with Crippen LogP contribution in [0.15, 0.2) is 206 Å². The summed E-state index contributed by atoms with van der Waals surface area (Å²) in [6.07, 6.45) is 0. The Kier molecular flexibility index (Phi) is 8.00. The Labute approximate surface area is 350 Å². The fraction of sp³-hybridized carbons (Fsp3) is 0. The van der Waals surface area contributed by atoms with Crippen LogP contribution in [0, 0.1) is 0 Å². The lowest BCUT2D eigenvalue weighted by Crippen LogP contribution is -2.02. The number of thiophene rings is 1. The summed E-state index contributed by atoms with van der Waals surface area (Å²) in [6.45, 7) is 0. The summed E-state index contributed by atoms with van der Waals surface area (Å²) in [7, 11) is 0. The zero-order chi connectivity index (χ0) is 39.6. The van der Waals surface area contributed by atoms with Crippen LogP contribution >= 0.6 is 11.3 Å². The summed E-state index contributed by atoms with van der Waals surface area (Å²) in [5, 5.41) is 7.22. The van der Waals surface area contributed by atoms with Gasteiger partial charge in [-0.1, -0.05) is 164 Å². The Hall–Kier alpha value is -7.73. The highest BCUT2D eigenvalue weighted by atomic mass is 32.1. The highest BCUT2D eigenvalue weighted by molar-refractivity contribution is 7.25. The number of para-hydroxylation sites is 2. The molecule has 12 rings (SSSR count). The molecule has 3 heterocycles. The Morgan fingerprint density at radius 3 is 1.67 bits per heavy atom. The molecule has 0 atom stereocenters. The highest BCUT2D eigenvalue weighted by Crippen LogP contribution is 2.40. The van der Waals surface area contributed by atoms with Gasteiger partial charge in [0.15, 0.2) is 17.5 Å². The van der Waals surface area contributed by atoms with E-state index in [1.54, 1.807) is 0 Å². The van der Waals surface area contributed by atoms with Crippen molar-refractivity contribution in [1.82, 2.24) is 19.5 Å². The van der Waals surface area contributed by atoms with Gasteiger partial charge in [-0.15, -0.1) is 11.3 Å². The molecule has 0 aliphatic rings. The first kappa shape index (κ1) is 34.3. The maximum Gasteiger partial charge on any atom is 0.164 e. The molecule has 4 nitrogen and oxygen atoms in total. The maximum atomic E-state index is 5.32. The van der Waals surface area contributed by atoms with Crippen molar-refractivity contribution in [1.29, 1.82) is 0 Å². The van der Waals surface area contributed by atoms with Gasteiger partial charge in [-0.2, -0.15) is 0 Å². The van der Waals surface area contributed by atoms with Crippen molar-refractivity contribution in [2.24, 2.45) is 0 Å². The van der Waals surface area contributed by atoms with Gasteiger partial charge >= 0.3 is 0 Å². The molecular weight excluding hydrogens is 749 g/mol. The van der Waals surface area contributed by atoms with Gasteiger partial charge in [0.2, 0.25) is 0 Å². The quantitative estimate of drug-likeness (QED) is 0.169. The van der Waals surface area contributed by atoms with Crippen LogP contribution in [0.2, 0.25) is 0 Å². The van der Waals surface area contributed by atoms with Crippen LogP contribution in [0.3, 0.4) is 0 Å². The van der Waals surface area contributed by atoms with Crippen molar-refractivity contribution < 1.29 is 0 Å². The van der Waals surface area contributed by atoms with Gasteiger partial charge in [-0.05, 0) is 69.9 Å². The summed E-state index contributed by atoms with van der Waals surface area (Å²) in [4.78, 5) is 15.9. The lowest BCUT2D eigenvalue weighted by molar-refractivity contribution is 1.07. The van der Waals surface area contributed by atoms with Gasteiger partial charge in [-0.25, -0.2) is 15.0 Å². The first-order chi connectivity index (χ1) is 29.7. The van der Waals surface area contributed by atoms with Crippen LogP contribution in [-0.2, 0) is 0 Å². The molecule has 60 heavy (non-hydrogen) atoms. The predicted molar refractivity (Wildman–Crippen MR) is 252 cm³/mol. The number of hydrogen-bond donors (Lipinski definition) is 0. The number of aromatic nitrogens is 4. The lowest BCUT2D eigenvalue weighted by atomic mass is 10.00. The monoisotopic (exact) mass is 782 g/mol. The number of rotatable bonds is 6. The molecule has 0 aliphatic heterocycles. The zero-order valence-electron chi connectivity index (χ0n) is 32.3. The van der Waals surface area contributed by atoms with E-state index in [-0.39, 0.29) is 0 Å². The normalized spacial score (nSPS) is 11.7. The van der Waals surface area contributed by atoms with E-state index in [4.69, 9.17) is 15.0 Å². The summed E-state index contributed by atoms with van der Waals surface area (Å²) < 4.78 is 4.98. The average molecular weight is 783 g/mol. The third-order valence-electron chi connectivity index (χ3n) is 11.7. The second-order valence-corrected chi connectivity index (χ2v) is 16.3. The van der Waals surface area contributed by atoms with Gasteiger partial charge < -0.3 is 4.57 Å². The number of hydrogen-bond acceptors (Lipinski definition) is 4. The predicted octanol–water partition coefficient (Wildman–Crippen LogP) is 14.8. The smallest absolute Gasteiger partial charge is 0.164 e. The van der Waals surface area contributed by atoms with E-state index in [9.17, 15) is 0 Å². The molecule has 3 aromatic heterocycles. The first-order valence-electron chi connectivity index (χ1n) is 20.2. The van der Waals surface area contributed by atoms with E-state index in [1.807, 2.05) is 11.3 Å². The molecule has 280 valence electrons. The van der Waals surface area contributed by atoms with E-state index < -0.39 is 0 Å². The second-order valence-electron chi connectivity index (χ2n) is 15.2. The molecule has 5 heteroatoms. The molecule has 0 amide bonds. The van der Waals surface area contributed by atoms with Gasteiger partial charge in [0.05, 0.1) is 16.7 Å². The molecule has 0 fully saturated rings. The van der Waals surface area contributed by atoms with E-state index in [0.717, 1.165) is 66.4 Å². The van der Waals surface area contributed by atoms with Crippen molar-refractivity contribution in [2.75, 3.05) is 0 Å². The standard InChI is InChI=1S/C55H34N4S/c1-2-14-36(15-3-1)42-30-28-40(34-50(42)59-48-25-9-6-21-43(48)44-22-7-10-26-49(44)59)54-56-53(57-55(58-54)46-24-13-17-35-16-4-5-20-41(35)46)39-19-12-18-37(32-39)38-29-31-52-47(33-38)45-23-8-11-27-51(45)60-52/h1-34H. The van der Waals surface area contributed by atoms with E-state index >= 15 is 0 Å². The third kappa shape index (κ3) is 5.70. The molecule has 0 saturated heterocycles. The molecule has 12 aromatic rings. The fourth-order valence-corrected chi connectivity index (χ4v) is 9.90. The van der Waals surface area contributed by atoms with E-state index in [1.165, 1.54) is 30.9 Å². The maximum absolute atomic E-state index is 5.32. The van der Waals surface area contributed by atoms with Crippen LogP contribution in [0.25, 0.3) is 115 Å². The molecule has 0 unspecified atom stereocenters. The average Bonchev–Trinajstić information content (AvgIpc) is 3.87. The fourth-order valence-electron chi connectivity index (χ4n) is 8.82. The molecule has 0 radical (unpaired) electrons. The Morgan fingerprint density at radius 2 is 0.867 bits per heavy atom. The summed E-state index contributed by atoms with van der Waals surface area (Å²) >= 11 is 1.84. The van der Waals surface area contributed by atoms with Crippen molar-refractivity contribution in [2.45, 2.75) is 0 Å². The van der Waals surface area contributed by atoms with Gasteiger partial charge in [0.1, 0.15) is 0 Å². The van der Waals surface area contributed by atoms with Crippen LogP contribution in [0.5, 0.6) is 0 Å². The molecular formula is C55H34N4S. The van der Waals surface area contributed by atoms with Gasteiger partial charge in [0, 0.05) is 53.2 Å². The minimum atomic E-state index is 0.612. The lowest BCUT2D eigenvalue weighted by Gasteiger charge is -2.16. The highest BCUT2D eigenvalue weighted by Gasteiger charge is 2.20. The topological polar surface area (TPSA) is 43.6 Å². The minimum absolute atomic E-state index is 0.612. The van der Waals surface area contributed by atoms with Crippen molar-refractivity contribution in [3.63, 3.8) is 0 Å². The first-order valence-corrected chi connectivity index (χ1v) is 21.0. The Morgan fingerprint density at radius 1 is 0.317 bits per heavy atom. The van der Waals surface area contributed by atoms with E-state index in [2.05, 4.69) is 211 Å². The number of benzene rings is 9. The third-order valence-corrected chi connectivity index (χ3v) is 12.8. The SMILES string of the molecule is c1ccc(-c2ccc(-c3nc(-c4cccc(-c5ccc6sc7ccccc7c6c5)c4)nc(-c4cccc5ccccc45)n3)cc2-n2c3ccccc3c3ccccc32)cc1. The van der Waals surface area contributed by atoms with Gasteiger partial charge in [-0.3, -0.25) is 0 Å². The molecule has 0 saturated carbocycles. The molecule has 0 bridgehead atoms. The van der Waals surface area contributed by atoms with Crippen LogP contribution in [0.1, 0.15) is 0 Å².